The smallest absolute Gasteiger partial charge is 0.240 e. The Morgan fingerprint density at radius 2 is 1.96 bits per heavy atom. The number of hydrogen-bond acceptors (Lipinski definition) is 3. The third-order valence-electron chi connectivity index (χ3n) is 5.42. The van der Waals surface area contributed by atoms with Gasteiger partial charge in [-0.25, -0.2) is 13.1 Å². The first-order valence-electron chi connectivity index (χ1n) is 9.32. The van der Waals surface area contributed by atoms with Gasteiger partial charge in [0.1, 0.15) is 0 Å². The molecule has 6 heteroatoms. The molecule has 2 aromatic rings. The molecule has 0 bridgehead atoms. The highest BCUT2D eigenvalue weighted by Gasteiger charge is 2.38. The van der Waals surface area contributed by atoms with E-state index in [1.807, 2.05) is 31.2 Å². The number of allylic oxidation sites excluding steroid dienone is 2. The maximum Gasteiger partial charge on any atom is 0.240 e. The summed E-state index contributed by atoms with van der Waals surface area (Å²) in [4.78, 5) is 0.334. The molecule has 1 aliphatic heterocycles. The SMILES string of the molecule is CCCNS(=O)(=O)c1ccc2c(c1)C1C=CCC1C(c1ccc(Cl)cc1)N2. The Hall–Kier alpha value is -1.82. The standard InChI is InChI=1S/C21H23ClN2O2S/c1-2-12-23-27(25,26)16-10-11-20-19(13-16)17-4-3-5-18(17)21(24-20)14-6-8-15(22)9-7-14/h3-4,6-11,13,17-18,21,23-24H,2,5,12H2,1H3. The molecular formula is C21H23ClN2O2S. The zero-order valence-corrected chi connectivity index (χ0v) is 16.7. The number of rotatable bonds is 5. The van der Waals surface area contributed by atoms with Crippen molar-refractivity contribution in [1.29, 1.82) is 0 Å². The van der Waals surface area contributed by atoms with Crippen LogP contribution in [0, 0.1) is 5.92 Å². The van der Waals surface area contributed by atoms with E-state index in [0.29, 0.717) is 17.4 Å². The van der Waals surface area contributed by atoms with E-state index in [0.717, 1.165) is 29.1 Å². The van der Waals surface area contributed by atoms with Crippen molar-refractivity contribution in [1.82, 2.24) is 4.72 Å². The molecule has 3 unspecified atom stereocenters. The number of anilines is 1. The van der Waals surface area contributed by atoms with Gasteiger partial charge in [-0.15, -0.1) is 0 Å². The quantitative estimate of drug-likeness (QED) is 0.702. The maximum absolute atomic E-state index is 12.5. The van der Waals surface area contributed by atoms with Gasteiger partial charge in [0.2, 0.25) is 10.0 Å². The number of halogens is 1. The fourth-order valence-electron chi connectivity index (χ4n) is 4.06. The van der Waals surface area contributed by atoms with Crippen molar-refractivity contribution in [2.24, 2.45) is 5.92 Å². The van der Waals surface area contributed by atoms with Crippen LogP contribution in [0.3, 0.4) is 0 Å². The highest BCUT2D eigenvalue weighted by Crippen LogP contribution is 2.50. The second-order valence-corrected chi connectivity index (χ2v) is 9.38. The van der Waals surface area contributed by atoms with Crippen molar-refractivity contribution in [3.63, 3.8) is 0 Å². The van der Waals surface area contributed by atoms with Crippen molar-refractivity contribution in [2.75, 3.05) is 11.9 Å². The predicted molar refractivity (Wildman–Crippen MR) is 110 cm³/mol. The summed E-state index contributed by atoms with van der Waals surface area (Å²) in [5, 5.41) is 4.35. The first-order valence-corrected chi connectivity index (χ1v) is 11.2. The molecule has 27 heavy (non-hydrogen) atoms. The van der Waals surface area contributed by atoms with Crippen LogP contribution in [-0.2, 0) is 10.0 Å². The first kappa shape index (κ1) is 18.5. The molecule has 0 spiro atoms. The van der Waals surface area contributed by atoms with E-state index in [4.69, 9.17) is 11.6 Å². The van der Waals surface area contributed by atoms with Crippen LogP contribution in [0.4, 0.5) is 5.69 Å². The van der Waals surface area contributed by atoms with Gasteiger partial charge in [-0.2, -0.15) is 0 Å². The van der Waals surface area contributed by atoms with Crippen LogP contribution in [0.5, 0.6) is 0 Å². The summed E-state index contributed by atoms with van der Waals surface area (Å²) in [6.45, 7) is 2.40. The van der Waals surface area contributed by atoms with Gasteiger partial charge in [0, 0.05) is 23.2 Å². The number of benzene rings is 2. The van der Waals surface area contributed by atoms with Gasteiger partial charge in [0.25, 0.3) is 0 Å². The molecule has 1 aliphatic carbocycles. The third kappa shape index (κ3) is 3.51. The Kier molecular flexibility index (Phi) is 5.01. The van der Waals surface area contributed by atoms with Crippen LogP contribution < -0.4 is 10.0 Å². The van der Waals surface area contributed by atoms with Crippen LogP contribution in [0.15, 0.2) is 59.5 Å². The van der Waals surface area contributed by atoms with Gasteiger partial charge >= 0.3 is 0 Å². The largest absolute Gasteiger partial charge is 0.378 e. The second-order valence-electron chi connectivity index (χ2n) is 7.17. The predicted octanol–water partition coefficient (Wildman–Crippen LogP) is 4.85. The Bertz CT molecular complexity index is 970. The molecule has 3 atom stereocenters. The van der Waals surface area contributed by atoms with Gasteiger partial charge in [-0.3, -0.25) is 0 Å². The number of nitrogens with one attached hydrogen (secondary N) is 2. The Labute approximate surface area is 165 Å². The topological polar surface area (TPSA) is 58.2 Å². The molecule has 0 saturated carbocycles. The highest BCUT2D eigenvalue weighted by molar-refractivity contribution is 7.89. The molecule has 0 amide bonds. The normalized spacial score (nSPS) is 23.6. The van der Waals surface area contributed by atoms with Gasteiger partial charge in [-0.05, 0) is 60.2 Å². The van der Waals surface area contributed by atoms with Crippen molar-refractivity contribution in [3.05, 3.63) is 70.8 Å². The highest BCUT2D eigenvalue weighted by atomic mass is 35.5. The van der Waals surface area contributed by atoms with Gasteiger partial charge in [0.15, 0.2) is 0 Å². The molecule has 2 N–H and O–H groups in total. The summed E-state index contributed by atoms with van der Waals surface area (Å²) in [5.41, 5.74) is 3.25. The van der Waals surface area contributed by atoms with E-state index in [9.17, 15) is 8.42 Å². The molecule has 0 aromatic heterocycles. The van der Waals surface area contributed by atoms with Crippen LogP contribution in [-0.4, -0.2) is 15.0 Å². The van der Waals surface area contributed by atoms with Crippen molar-refractivity contribution < 1.29 is 8.42 Å². The van der Waals surface area contributed by atoms with E-state index in [1.54, 1.807) is 6.07 Å². The average molecular weight is 403 g/mol. The van der Waals surface area contributed by atoms with Crippen LogP contribution in [0.25, 0.3) is 0 Å². The summed E-state index contributed by atoms with van der Waals surface area (Å²) in [5.74, 6) is 0.573. The zero-order chi connectivity index (χ0) is 19.0. The minimum Gasteiger partial charge on any atom is -0.378 e. The van der Waals surface area contributed by atoms with E-state index in [-0.39, 0.29) is 12.0 Å². The van der Waals surface area contributed by atoms with Crippen molar-refractivity contribution >= 4 is 27.3 Å². The number of hydrogen-bond donors (Lipinski definition) is 2. The Morgan fingerprint density at radius 1 is 1.19 bits per heavy atom. The lowest BCUT2D eigenvalue weighted by molar-refractivity contribution is 0.425. The lowest BCUT2D eigenvalue weighted by Crippen LogP contribution is -2.30. The van der Waals surface area contributed by atoms with Crippen LogP contribution in [0.2, 0.25) is 5.02 Å². The summed E-state index contributed by atoms with van der Waals surface area (Å²) in [6.07, 6.45) is 6.14. The molecule has 4 rings (SSSR count). The average Bonchev–Trinajstić information content (AvgIpc) is 3.16. The molecule has 1 heterocycles. The fourth-order valence-corrected chi connectivity index (χ4v) is 5.35. The molecule has 0 fully saturated rings. The summed E-state index contributed by atoms with van der Waals surface area (Å²) >= 11 is 6.04. The molecule has 2 aliphatic rings. The molecular weight excluding hydrogens is 380 g/mol. The fraction of sp³-hybridized carbons (Fsp3) is 0.333. The van der Waals surface area contributed by atoms with E-state index in [2.05, 4.69) is 34.3 Å². The Morgan fingerprint density at radius 3 is 2.70 bits per heavy atom. The molecule has 2 aromatic carbocycles. The minimum atomic E-state index is -3.47. The van der Waals surface area contributed by atoms with Gasteiger partial charge < -0.3 is 5.32 Å². The van der Waals surface area contributed by atoms with E-state index in [1.165, 1.54) is 5.56 Å². The minimum absolute atomic E-state index is 0.176. The second kappa shape index (κ2) is 7.30. The third-order valence-corrected chi connectivity index (χ3v) is 7.13. The molecule has 0 saturated heterocycles. The summed E-state index contributed by atoms with van der Waals surface area (Å²) in [6, 6.07) is 13.5. The van der Waals surface area contributed by atoms with Gasteiger partial charge in [-0.1, -0.05) is 42.8 Å². The van der Waals surface area contributed by atoms with Crippen LogP contribution in [0.1, 0.15) is 42.9 Å². The number of fused-ring (bicyclic) bond motifs is 3. The van der Waals surface area contributed by atoms with Crippen molar-refractivity contribution in [3.8, 4) is 0 Å². The number of sulfonamides is 1. The van der Waals surface area contributed by atoms with Crippen molar-refractivity contribution in [2.45, 2.75) is 36.6 Å². The maximum atomic E-state index is 12.5. The lowest BCUT2D eigenvalue weighted by atomic mass is 9.77. The van der Waals surface area contributed by atoms with Crippen LogP contribution >= 0.6 is 11.6 Å². The van der Waals surface area contributed by atoms with Gasteiger partial charge in [0.05, 0.1) is 10.9 Å². The summed E-state index contributed by atoms with van der Waals surface area (Å²) in [7, 11) is -3.47. The van der Waals surface area contributed by atoms with E-state index >= 15 is 0 Å². The Balaban J connectivity index is 1.70. The monoisotopic (exact) mass is 402 g/mol. The first-order chi connectivity index (χ1) is 13.0. The van der Waals surface area contributed by atoms with E-state index < -0.39 is 10.0 Å². The zero-order valence-electron chi connectivity index (χ0n) is 15.2. The lowest BCUT2D eigenvalue weighted by Gasteiger charge is -2.37. The molecule has 142 valence electrons. The summed E-state index contributed by atoms with van der Waals surface area (Å²) < 4.78 is 27.7. The molecule has 0 radical (unpaired) electrons. The molecule has 4 nitrogen and oxygen atoms in total.